The molecule has 7 nitrogen and oxygen atoms in total. The predicted octanol–water partition coefficient (Wildman–Crippen LogP) is 4.11. The summed E-state index contributed by atoms with van der Waals surface area (Å²) < 4.78 is 21.4. The van der Waals surface area contributed by atoms with Crippen LogP contribution in [0.3, 0.4) is 0 Å². The van der Waals surface area contributed by atoms with Gasteiger partial charge in [0.1, 0.15) is 11.5 Å². The Morgan fingerprint density at radius 3 is 2.57 bits per heavy atom. The van der Waals surface area contributed by atoms with Gasteiger partial charge in [-0.3, -0.25) is 4.98 Å². The van der Waals surface area contributed by atoms with Crippen LogP contribution in [0, 0.1) is 5.82 Å². The second-order valence-electron chi connectivity index (χ2n) is 6.58. The van der Waals surface area contributed by atoms with E-state index in [1.54, 1.807) is 36.7 Å². The molecule has 3 heterocycles. The lowest BCUT2D eigenvalue weighted by molar-refractivity contribution is 0.430. The highest BCUT2D eigenvalue weighted by molar-refractivity contribution is 5.59. The van der Waals surface area contributed by atoms with Crippen LogP contribution in [0.4, 0.5) is 4.39 Å². The molecule has 5 aromatic rings. The van der Waals surface area contributed by atoms with E-state index in [1.807, 2.05) is 36.4 Å². The third kappa shape index (κ3) is 3.35. The number of para-hydroxylation sites is 1. The normalized spacial score (nSPS) is 11.0. The van der Waals surface area contributed by atoms with Crippen LogP contribution in [0.2, 0.25) is 0 Å². The zero-order valence-corrected chi connectivity index (χ0v) is 15.7. The van der Waals surface area contributed by atoms with Gasteiger partial charge in [-0.1, -0.05) is 52.8 Å². The molecular formula is C22H15FN6O. The average Bonchev–Trinajstić information content (AvgIpc) is 3.43. The van der Waals surface area contributed by atoms with Crippen molar-refractivity contribution in [1.82, 2.24) is 30.1 Å². The van der Waals surface area contributed by atoms with E-state index in [0.717, 1.165) is 11.1 Å². The van der Waals surface area contributed by atoms with Gasteiger partial charge in [0, 0.05) is 24.4 Å². The molecule has 0 radical (unpaired) electrons. The van der Waals surface area contributed by atoms with Crippen molar-refractivity contribution in [2.45, 2.75) is 6.42 Å². The molecule has 2 aromatic carbocycles. The van der Waals surface area contributed by atoms with Crippen LogP contribution >= 0.6 is 0 Å². The molecule has 0 saturated heterocycles. The minimum absolute atomic E-state index is 0.211. The smallest absolute Gasteiger partial charge is 0.280 e. The Bertz CT molecular complexity index is 1280. The predicted molar refractivity (Wildman–Crippen MR) is 107 cm³/mol. The Labute approximate surface area is 170 Å². The van der Waals surface area contributed by atoms with Crippen molar-refractivity contribution in [1.29, 1.82) is 0 Å². The highest BCUT2D eigenvalue weighted by Gasteiger charge is 2.23. The van der Waals surface area contributed by atoms with Gasteiger partial charge >= 0.3 is 0 Å². The third-order valence-electron chi connectivity index (χ3n) is 4.61. The summed E-state index contributed by atoms with van der Waals surface area (Å²) in [5, 5.41) is 12.5. The summed E-state index contributed by atoms with van der Waals surface area (Å²) in [6.07, 6.45) is 3.78. The molecule has 3 aromatic heterocycles. The first-order valence-electron chi connectivity index (χ1n) is 9.27. The van der Waals surface area contributed by atoms with Gasteiger partial charge in [0.05, 0.1) is 5.69 Å². The summed E-state index contributed by atoms with van der Waals surface area (Å²) in [7, 11) is 0. The molecule has 0 spiro atoms. The van der Waals surface area contributed by atoms with Gasteiger partial charge in [-0.2, -0.15) is 4.98 Å². The van der Waals surface area contributed by atoms with Gasteiger partial charge in [-0.25, -0.2) is 9.07 Å². The van der Waals surface area contributed by atoms with E-state index in [9.17, 15) is 4.39 Å². The van der Waals surface area contributed by atoms with E-state index in [0.29, 0.717) is 29.3 Å². The molecule has 0 fully saturated rings. The van der Waals surface area contributed by atoms with Gasteiger partial charge in [0.2, 0.25) is 5.82 Å². The maximum atomic E-state index is 14.5. The number of halogens is 1. The molecule has 0 saturated carbocycles. The van der Waals surface area contributed by atoms with Crippen molar-refractivity contribution < 1.29 is 8.91 Å². The third-order valence-corrected chi connectivity index (χ3v) is 4.61. The lowest BCUT2D eigenvalue weighted by Gasteiger charge is -2.08. The Hall–Kier alpha value is -4.20. The molecule has 0 unspecified atom stereocenters. The molecule has 5 rings (SSSR count). The lowest BCUT2D eigenvalue weighted by atomic mass is 10.1. The number of pyridine rings is 1. The molecule has 8 heteroatoms. The van der Waals surface area contributed by atoms with Gasteiger partial charge in [0.15, 0.2) is 5.69 Å². The monoisotopic (exact) mass is 398 g/mol. The van der Waals surface area contributed by atoms with Gasteiger partial charge in [-0.05, 0) is 29.8 Å². The van der Waals surface area contributed by atoms with Crippen molar-refractivity contribution in [3.05, 3.63) is 96.2 Å². The Morgan fingerprint density at radius 1 is 0.933 bits per heavy atom. The van der Waals surface area contributed by atoms with E-state index in [2.05, 4.69) is 25.4 Å². The standard InChI is InChI=1S/C22H15FN6O/c23-17-10-4-5-11-18(17)29-19(13-15-7-2-1-3-8-15)20(26-28-29)22-25-21(27-30-22)16-9-6-12-24-14-16/h1-12,14H,13H2. The second-order valence-corrected chi connectivity index (χ2v) is 6.58. The van der Waals surface area contributed by atoms with Crippen LogP contribution in [0.5, 0.6) is 0 Å². The van der Waals surface area contributed by atoms with Crippen molar-refractivity contribution in [2.75, 3.05) is 0 Å². The van der Waals surface area contributed by atoms with Crippen molar-refractivity contribution >= 4 is 0 Å². The van der Waals surface area contributed by atoms with E-state index >= 15 is 0 Å². The number of nitrogens with zero attached hydrogens (tertiary/aromatic N) is 6. The van der Waals surface area contributed by atoms with Crippen molar-refractivity contribution in [3.8, 4) is 28.7 Å². The molecule has 0 bridgehead atoms. The number of benzene rings is 2. The number of rotatable bonds is 5. The first-order valence-corrected chi connectivity index (χ1v) is 9.27. The maximum Gasteiger partial charge on any atom is 0.280 e. The summed E-state index contributed by atoms with van der Waals surface area (Å²) in [6.45, 7) is 0. The minimum Gasteiger partial charge on any atom is -0.332 e. The lowest BCUT2D eigenvalue weighted by Crippen LogP contribution is -2.06. The molecule has 0 amide bonds. The van der Waals surface area contributed by atoms with Crippen LogP contribution < -0.4 is 0 Å². The van der Waals surface area contributed by atoms with E-state index in [1.165, 1.54) is 10.7 Å². The van der Waals surface area contributed by atoms with Crippen LogP contribution in [0.1, 0.15) is 11.3 Å². The summed E-state index contributed by atoms with van der Waals surface area (Å²) >= 11 is 0. The summed E-state index contributed by atoms with van der Waals surface area (Å²) in [5.74, 6) is 0.205. The highest BCUT2D eigenvalue weighted by Crippen LogP contribution is 2.27. The topological polar surface area (TPSA) is 82.5 Å². The quantitative estimate of drug-likeness (QED) is 0.443. The molecule has 0 N–H and O–H groups in total. The summed E-state index contributed by atoms with van der Waals surface area (Å²) in [6, 6.07) is 19.8. The summed E-state index contributed by atoms with van der Waals surface area (Å²) in [5.41, 5.74) is 3.09. The molecule has 0 aliphatic rings. The largest absolute Gasteiger partial charge is 0.332 e. The number of hydrogen-bond donors (Lipinski definition) is 0. The SMILES string of the molecule is Fc1ccccc1-n1nnc(-c2nc(-c3cccnc3)no2)c1Cc1ccccc1. The maximum absolute atomic E-state index is 14.5. The first kappa shape index (κ1) is 17.9. The van der Waals surface area contributed by atoms with Gasteiger partial charge < -0.3 is 4.52 Å². The van der Waals surface area contributed by atoms with Crippen LogP contribution in [-0.2, 0) is 6.42 Å². The van der Waals surface area contributed by atoms with Crippen molar-refractivity contribution in [2.24, 2.45) is 0 Å². The molecule has 0 aliphatic carbocycles. The molecule has 0 aliphatic heterocycles. The Balaban J connectivity index is 1.62. The van der Waals surface area contributed by atoms with E-state index < -0.39 is 5.82 Å². The van der Waals surface area contributed by atoms with Crippen LogP contribution in [0.15, 0.2) is 83.6 Å². The Morgan fingerprint density at radius 2 is 1.77 bits per heavy atom. The fourth-order valence-electron chi connectivity index (χ4n) is 3.16. The fraction of sp³-hybridized carbons (Fsp3) is 0.0455. The van der Waals surface area contributed by atoms with Crippen LogP contribution in [-0.4, -0.2) is 30.1 Å². The number of hydrogen-bond acceptors (Lipinski definition) is 6. The molecule has 0 atom stereocenters. The Kier molecular flexibility index (Phi) is 4.57. The van der Waals surface area contributed by atoms with E-state index in [4.69, 9.17) is 4.52 Å². The zero-order valence-electron chi connectivity index (χ0n) is 15.7. The van der Waals surface area contributed by atoms with Crippen LogP contribution in [0.25, 0.3) is 28.7 Å². The van der Waals surface area contributed by atoms with Gasteiger partial charge in [-0.15, -0.1) is 5.10 Å². The van der Waals surface area contributed by atoms with Gasteiger partial charge in [0.25, 0.3) is 5.89 Å². The highest BCUT2D eigenvalue weighted by atomic mass is 19.1. The second kappa shape index (κ2) is 7.67. The fourth-order valence-corrected chi connectivity index (χ4v) is 3.16. The summed E-state index contributed by atoms with van der Waals surface area (Å²) in [4.78, 5) is 8.53. The zero-order chi connectivity index (χ0) is 20.3. The van der Waals surface area contributed by atoms with Crippen molar-refractivity contribution in [3.63, 3.8) is 0 Å². The molecular weight excluding hydrogens is 383 g/mol. The van der Waals surface area contributed by atoms with E-state index in [-0.39, 0.29) is 5.89 Å². The first-order chi connectivity index (χ1) is 14.8. The number of aromatic nitrogens is 6. The average molecular weight is 398 g/mol. The molecule has 146 valence electrons. The minimum atomic E-state index is -0.398. The molecule has 30 heavy (non-hydrogen) atoms.